The maximum atomic E-state index is 13.4. The Labute approximate surface area is 173 Å². The standard InChI is InChI=1S/C20H15F2N3O5S/c21-14-4-2-11(7-15(14)22)25-31(29,30)12-3-5-16-13(8-12)18-10(1-6-17(26)27)9-23-19(18)20(28)24-16/h2-5,7-9,23,25H,1,6H2,(H,24,28)(H,26,27). The fourth-order valence-corrected chi connectivity index (χ4v) is 4.43. The lowest BCUT2D eigenvalue weighted by Gasteiger charge is -2.10. The molecule has 0 saturated heterocycles. The van der Waals surface area contributed by atoms with E-state index in [9.17, 15) is 26.8 Å². The average Bonchev–Trinajstić information content (AvgIpc) is 3.14. The molecule has 0 bridgehead atoms. The number of aryl methyl sites for hydroxylation is 1. The van der Waals surface area contributed by atoms with Crippen LogP contribution in [-0.2, 0) is 21.2 Å². The third-order valence-electron chi connectivity index (χ3n) is 4.79. The van der Waals surface area contributed by atoms with Crippen molar-refractivity contribution in [3.8, 4) is 0 Å². The number of anilines is 1. The zero-order valence-corrected chi connectivity index (χ0v) is 16.5. The molecule has 8 nitrogen and oxygen atoms in total. The minimum atomic E-state index is -4.17. The lowest BCUT2D eigenvalue weighted by Crippen LogP contribution is -2.14. The number of carboxylic acids is 1. The van der Waals surface area contributed by atoms with Crippen LogP contribution in [0.25, 0.3) is 21.8 Å². The Hall–Kier alpha value is -3.73. The SMILES string of the molecule is O=C(O)CCc1c[nH]c2c(=O)[nH]c3ccc(S(=O)(=O)Nc4ccc(F)c(F)c4)cc3c12. The highest BCUT2D eigenvalue weighted by Crippen LogP contribution is 2.28. The van der Waals surface area contributed by atoms with Gasteiger partial charge in [-0.15, -0.1) is 0 Å². The van der Waals surface area contributed by atoms with Crippen LogP contribution in [0, 0.1) is 11.6 Å². The van der Waals surface area contributed by atoms with E-state index in [1.807, 2.05) is 0 Å². The van der Waals surface area contributed by atoms with E-state index in [2.05, 4.69) is 14.7 Å². The van der Waals surface area contributed by atoms with Crippen molar-refractivity contribution in [3.63, 3.8) is 0 Å². The number of nitrogens with one attached hydrogen (secondary N) is 3. The first-order valence-corrected chi connectivity index (χ1v) is 10.5. The number of aromatic amines is 2. The summed E-state index contributed by atoms with van der Waals surface area (Å²) in [5.41, 5.74) is 0.516. The molecule has 0 spiro atoms. The normalized spacial score (nSPS) is 11.8. The van der Waals surface area contributed by atoms with Crippen LogP contribution in [0.15, 0.2) is 52.3 Å². The number of fused-ring (bicyclic) bond motifs is 3. The second-order valence-corrected chi connectivity index (χ2v) is 8.54. The summed E-state index contributed by atoms with van der Waals surface area (Å²) >= 11 is 0. The van der Waals surface area contributed by atoms with Gasteiger partial charge in [0.05, 0.1) is 10.6 Å². The first-order chi connectivity index (χ1) is 14.7. The van der Waals surface area contributed by atoms with Crippen LogP contribution in [0.3, 0.4) is 0 Å². The van der Waals surface area contributed by atoms with Gasteiger partial charge in [-0.2, -0.15) is 0 Å². The highest BCUT2D eigenvalue weighted by atomic mass is 32.2. The highest BCUT2D eigenvalue weighted by Gasteiger charge is 2.19. The van der Waals surface area contributed by atoms with Gasteiger partial charge in [0.1, 0.15) is 5.52 Å². The Morgan fingerprint density at radius 1 is 1.10 bits per heavy atom. The van der Waals surface area contributed by atoms with Crippen molar-refractivity contribution in [1.29, 1.82) is 0 Å². The third kappa shape index (κ3) is 3.87. The van der Waals surface area contributed by atoms with E-state index in [4.69, 9.17) is 5.11 Å². The highest BCUT2D eigenvalue weighted by molar-refractivity contribution is 7.92. The van der Waals surface area contributed by atoms with E-state index in [-0.39, 0.29) is 28.9 Å². The number of aromatic nitrogens is 2. The maximum Gasteiger partial charge on any atom is 0.303 e. The van der Waals surface area contributed by atoms with Gasteiger partial charge in [0.25, 0.3) is 15.6 Å². The van der Waals surface area contributed by atoms with Crippen molar-refractivity contribution in [2.24, 2.45) is 0 Å². The second-order valence-electron chi connectivity index (χ2n) is 6.85. The molecule has 0 aliphatic rings. The summed E-state index contributed by atoms with van der Waals surface area (Å²) in [5, 5.41) is 9.78. The van der Waals surface area contributed by atoms with Gasteiger partial charge in [-0.1, -0.05) is 0 Å². The number of aliphatic carboxylic acids is 1. The molecule has 160 valence electrons. The Morgan fingerprint density at radius 3 is 2.58 bits per heavy atom. The first kappa shape index (κ1) is 20.5. The quantitative estimate of drug-likeness (QED) is 0.361. The lowest BCUT2D eigenvalue weighted by molar-refractivity contribution is -0.136. The smallest absolute Gasteiger partial charge is 0.303 e. The number of halogens is 2. The summed E-state index contributed by atoms with van der Waals surface area (Å²) in [6.07, 6.45) is 1.48. The van der Waals surface area contributed by atoms with Crippen LogP contribution in [0.1, 0.15) is 12.0 Å². The van der Waals surface area contributed by atoms with Crippen molar-refractivity contribution in [1.82, 2.24) is 9.97 Å². The second kappa shape index (κ2) is 7.51. The summed E-state index contributed by atoms with van der Waals surface area (Å²) in [7, 11) is -4.17. The Morgan fingerprint density at radius 2 is 1.87 bits per heavy atom. The first-order valence-electron chi connectivity index (χ1n) is 9.01. The minimum absolute atomic E-state index is 0.137. The van der Waals surface area contributed by atoms with Gasteiger partial charge in [0.15, 0.2) is 11.6 Å². The van der Waals surface area contributed by atoms with Gasteiger partial charge in [-0.3, -0.25) is 14.3 Å². The van der Waals surface area contributed by atoms with Crippen molar-refractivity contribution >= 4 is 43.5 Å². The molecule has 0 unspecified atom stereocenters. The Kier molecular flexibility index (Phi) is 4.97. The maximum absolute atomic E-state index is 13.4. The van der Waals surface area contributed by atoms with Crippen molar-refractivity contribution < 1.29 is 27.1 Å². The van der Waals surface area contributed by atoms with Gasteiger partial charge < -0.3 is 15.1 Å². The Balaban J connectivity index is 1.83. The molecule has 11 heteroatoms. The molecule has 4 N–H and O–H groups in total. The summed E-state index contributed by atoms with van der Waals surface area (Å²) in [5.74, 6) is -3.32. The van der Waals surface area contributed by atoms with E-state index in [0.717, 1.165) is 18.2 Å². The molecule has 0 atom stereocenters. The van der Waals surface area contributed by atoms with E-state index in [0.29, 0.717) is 21.9 Å². The van der Waals surface area contributed by atoms with E-state index < -0.39 is 33.2 Å². The zero-order valence-electron chi connectivity index (χ0n) is 15.7. The predicted octanol–water partition coefficient (Wildman–Crippen LogP) is 3.11. The molecular weight excluding hydrogens is 432 g/mol. The van der Waals surface area contributed by atoms with Crippen molar-refractivity contribution in [2.75, 3.05) is 4.72 Å². The number of rotatable bonds is 6. The summed E-state index contributed by atoms with van der Waals surface area (Å²) in [6, 6.07) is 6.60. The molecule has 0 fully saturated rings. The van der Waals surface area contributed by atoms with E-state index in [1.54, 1.807) is 0 Å². The van der Waals surface area contributed by atoms with Crippen LogP contribution < -0.4 is 10.3 Å². The number of hydrogen-bond donors (Lipinski definition) is 4. The van der Waals surface area contributed by atoms with Crippen LogP contribution in [-0.4, -0.2) is 29.5 Å². The molecule has 2 aromatic carbocycles. The van der Waals surface area contributed by atoms with Crippen LogP contribution >= 0.6 is 0 Å². The minimum Gasteiger partial charge on any atom is -0.481 e. The molecule has 2 aromatic heterocycles. The fourth-order valence-electron chi connectivity index (χ4n) is 3.35. The van der Waals surface area contributed by atoms with Gasteiger partial charge in [-0.25, -0.2) is 17.2 Å². The van der Waals surface area contributed by atoms with E-state index >= 15 is 0 Å². The predicted molar refractivity (Wildman–Crippen MR) is 110 cm³/mol. The van der Waals surface area contributed by atoms with Crippen LogP contribution in [0.4, 0.5) is 14.5 Å². The van der Waals surface area contributed by atoms with Crippen molar-refractivity contribution in [2.45, 2.75) is 17.7 Å². The van der Waals surface area contributed by atoms with E-state index in [1.165, 1.54) is 24.4 Å². The molecule has 0 aliphatic carbocycles. The van der Waals surface area contributed by atoms with Crippen molar-refractivity contribution in [3.05, 3.63) is 70.1 Å². The lowest BCUT2D eigenvalue weighted by atomic mass is 10.0. The van der Waals surface area contributed by atoms with Crippen LogP contribution in [0.2, 0.25) is 0 Å². The largest absolute Gasteiger partial charge is 0.481 e. The molecule has 0 aliphatic heterocycles. The van der Waals surface area contributed by atoms with Gasteiger partial charge in [-0.05, 0) is 42.3 Å². The van der Waals surface area contributed by atoms with Gasteiger partial charge in [0.2, 0.25) is 0 Å². The summed E-state index contributed by atoms with van der Waals surface area (Å²) < 4.78 is 54.3. The average molecular weight is 447 g/mol. The number of pyridine rings is 1. The molecule has 4 aromatic rings. The molecular formula is C20H15F2N3O5S. The molecule has 4 rings (SSSR count). The number of H-pyrrole nitrogens is 2. The number of carbonyl (C=O) groups is 1. The number of sulfonamides is 1. The van der Waals surface area contributed by atoms with Crippen LogP contribution in [0.5, 0.6) is 0 Å². The number of benzene rings is 2. The van der Waals surface area contributed by atoms with Gasteiger partial charge >= 0.3 is 5.97 Å². The molecule has 0 amide bonds. The third-order valence-corrected chi connectivity index (χ3v) is 6.17. The fraction of sp³-hybridized carbons (Fsp3) is 0.100. The molecule has 2 heterocycles. The number of carboxylic acid groups (broad SMARTS) is 1. The number of hydrogen-bond acceptors (Lipinski definition) is 4. The zero-order chi connectivity index (χ0) is 22.3. The van der Waals surface area contributed by atoms with Gasteiger partial charge in [0, 0.05) is 35.0 Å². The summed E-state index contributed by atoms with van der Waals surface area (Å²) in [6.45, 7) is 0. The molecule has 0 radical (unpaired) electrons. The Bertz CT molecular complexity index is 1510. The monoisotopic (exact) mass is 447 g/mol. The molecule has 0 saturated carbocycles. The topological polar surface area (TPSA) is 132 Å². The molecule has 31 heavy (non-hydrogen) atoms. The summed E-state index contributed by atoms with van der Waals surface area (Å²) in [4.78, 5) is 28.5.